The smallest absolute Gasteiger partial charge is 0.0199 e. The lowest BCUT2D eigenvalue weighted by Gasteiger charge is -2.41. The Hall–Kier alpha value is 0.310. The number of hydrogen-bond acceptors (Lipinski definition) is 2. The summed E-state index contributed by atoms with van der Waals surface area (Å²) in [6, 6.07) is 0.439. The zero-order valence-corrected chi connectivity index (χ0v) is 10.9. The molecule has 1 rings (SSSR count). The van der Waals surface area contributed by atoms with Crippen LogP contribution in [0.3, 0.4) is 0 Å². The van der Waals surface area contributed by atoms with Crippen LogP contribution in [0.2, 0.25) is 0 Å². The molecule has 0 aromatic carbocycles. The zero-order chi connectivity index (χ0) is 10.8. The second-order valence-electron chi connectivity index (χ2n) is 5.29. The Morgan fingerprint density at radius 3 is 2.50 bits per heavy atom. The largest absolute Gasteiger partial charge is 0.327 e. The van der Waals surface area contributed by atoms with Gasteiger partial charge in [-0.2, -0.15) is 11.8 Å². The quantitative estimate of drug-likeness (QED) is 0.782. The summed E-state index contributed by atoms with van der Waals surface area (Å²) in [5, 5.41) is 0.694. The predicted molar refractivity (Wildman–Crippen MR) is 66.7 cm³/mol. The summed E-state index contributed by atoms with van der Waals surface area (Å²) in [5.74, 6) is 0.879. The van der Waals surface area contributed by atoms with Gasteiger partial charge >= 0.3 is 0 Å². The van der Waals surface area contributed by atoms with E-state index in [0.29, 0.717) is 16.7 Å². The average Bonchev–Trinajstić information content (AvgIpc) is 2.18. The van der Waals surface area contributed by atoms with E-state index < -0.39 is 0 Å². The average molecular weight is 215 g/mol. The second kappa shape index (κ2) is 4.89. The Morgan fingerprint density at radius 1 is 1.36 bits per heavy atom. The zero-order valence-electron chi connectivity index (χ0n) is 10.0. The van der Waals surface area contributed by atoms with Gasteiger partial charge < -0.3 is 5.73 Å². The fourth-order valence-electron chi connectivity index (χ4n) is 2.42. The van der Waals surface area contributed by atoms with Crippen LogP contribution in [-0.2, 0) is 0 Å². The molecule has 0 heterocycles. The maximum Gasteiger partial charge on any atom is 0.0199 e. The molecule has 2 N–H and O–H groups in total. The Morgan fingerprint density at radius 2 is 2.00 bits per heavy atom. The molecule has 14 heavy (non-hydrogen) atoms. The van der Waals surface area contributed by atoms with E-state index in [-0.39, 0.29) is 0 Å². The standard InChI is InChI=1S/C12H25NS/c1-5-12(2,3)9-6-7-10(13)11(8-9)14-4/h9-11H,5-8,13H2,1-4H3. The summed E-state index contributed by atoms with van der Waals surface area (Å²) in [5.41, 5.74) is 6.62. The van der Waals surface area contributed by atoms with Gasteiger partial charge in [0.05, 0.1) is 0 Å². The molecule has 1 aliphatic rings. The van der Waals surface area contributed by atoms with Crippen LogP contribution < -0.4 is 5.73 Å². The number of nitrogens with two attached hydrogens (primary N) is 1. The minimum absolute atomic E-state index is 0.439. The monoisotopic (exact) mass is 215 g/mol. The highest BCUT2D eigenvalue weighted by molar-refractivity contribution is 7.99. The first-order chi connectivity index (χ1) is 6.51. The molecule has 3 unspecified atom stereocenters. The van der Waals surface area contributed by atoms with Gasteiger partial charge in [0.1, 0.15) is 0 Å². The first-order valence-corrected chi connectivity index (χ1v) is 7.08. The summed E-state index contributed by atoms with van der Waals surface area (Å²) in [4.78, 5) is 0. The van der Waals surface area contributed by atoms with E-state index in [1.165, 1.54) is 25.7 Å². The molecule has 0 radical (unpaired) electrons. The molecule has 84 valence electrons. The Bertz CT molecular complexity index is 179. The molecule has 1 fully saturated rings. The van der Waals surface area contributed by atoms with Crippen molar-refractivity contribution in [3.63, 3.8) is 0 Å². The first kappa shape index (κ1) is 12.4. The summed E-state index contributed by atoms with van der Waals surface area (Å²) in [6.07, 6.45) is 7.36. The lowest BCUT2D eigenvalue weighted by atomic mass is 9.69. The molecule has 0 amide bonds. The van der Waals surface area contributed by atoms with Gasteiger partial charge in [-0.25, -0.2) is 0 Å². The molecule has 0 aromatic rings. The van der Waals surface area contributed by atoms with E-state index in [1.807, 2.05) is 11.8 Å². The third-order valence-electron chi connectivity index (χ3n) is 4.16. The lowest BCUT2D eigenvalue weighted by Crippen LogP contribution is -2.41. The summed E-state index contributed by atoms with van der Waals surface area (Å²) in [7, 11) is 0. The minimum Gasteiger partial charge on any atom is -0.327 e. The molecule has 0 aliphatic heterocycles. The van der Waals surface area contributed by atoms with E-state index in [4.69, 9.17) is 5.73 Å². The van der Waals surface area contributed by atoms with Crippen molar-refractivity contribution in [2.45, 2.75) is 57.7 Å². The van der Waals surface area contributed by atoms with Gasteiger partial charge in [0.25, 0.3) is 0 Å². The summed E-state index contributed by atoms with van der Waals surface area (Å²) >= 11 is 1.96. The van der Waals surface area contributed by atoms with Crippen LogP contribution in [0, 0.1) is 11.3 Å². The normalized spacial score (nSPS) is 34.5. The summed E-state index contributed by atoms with van der Waals surface area (Å²) in [6.45, 7) is 7.13. The second-order valence-corrected chi connectivity index (χ2v) is 6.37. The van der Waals surface area contributed by atoms with Crippen LogP contribution in [-0.4, -0.2) is 17.5 Å². The van der Waals surface area contributed by atoms with Crippen molar-refractivity contribution >= 4 is 11.8 Å². The van der Waals surface area contributed by atoms with Gasteiger partial charge in [-0.1, -0.05) is 27.2 Å². The van der Waals surface area contributed by atoms with E-state index in [1.54, 1.807) is 0 Å². The highest BCUT2D eigenvalue weighted by Gasteiger charge is 2.35. The van der Waals surface area contributed by atoms with Crippen molar-refractivity contribution in [3.05, 3.63) is 0 Å². The molecule has 1 aliphatic carbocycles. The summed E-state index contributed by atoms with van der Waals surface area (Å²) < 4.78 is 0. The third-order valence-corrected chi connectivity index (χ3v) is 5.31. The maximum atomic E-state index is 6.12. The molecule has 0 aromatic heterocycles. The fraction of sp³-hybridized carbons (Fsp3) is 1.00. The number of thioether (sulfide) groups is 1. The van der Waals surface area contributed by atoms with Gasteiger partial charge in [-0.15, -0.1) is 0 Å². The molecule has 0 spiro atoms. The minimum atomic E-state index is 0.439. The molecule has 3 atom stereocenters. The molecule has 0 bridgehead atoms. The molecular formula is C12H25NS. The van der Waals surface area contributed by atoms with Crippen molar-refractivity contribution < 1.29 is 0 Å². The highest BCUT2D eigenvalue weighted by Crippen LogP contribution is 2.42. The van der Waals surface area contributed by atoms with Crippen LogP contribution in [0.4, 0.5) is 0 Å². The van der Waals surface area contributed by atoms with Crippen molar-refractivity contribution in [1.29, 1.82) is 0 Å². The third kappa shape index (κ3) is 2.66. The lowest BCUT2D eigenvalue weighted by molar-refractivity contribution is 0.148. The SMILES string of the molecule is CCC(C)(C)C1CCC(N)C(SC)C1. The molecule has 1 nitrogen and oxygen atoms in total. The molecule has 2 heteroatoms. The Labute approximate surface area is 93.2 Å². The molecule has 0 saturated heterocycles. The van der Waals surface area contributed by atoms with Gasteiger partial charge in [-0.3, -0.25) is 0 Å². The van der Waals surface area contributed by atoms with Crippen LogP contribution in [0.25, 0.3) is 0 Å². The van der Waals surface area contributed by atoms with Crippen LogP contribution in [0.5, 0.6) is 0 Å². The predicted octanol–water partition coefficient (Wildman–Crippen LogP) is 3.28. The number of hydrogen-bond donors (Lipinski definition) is 1. The van der Waals surface area contributed by atoms with Crippen molar-refractivity contribution in [2.75, 3.05) is 6.26 Å². The molecular weight excluding hydrogens is 190 g/mol. The van der Waals surface area contributed by atoms with Crippen LogP contribution in [0.15, 0.2) is 0 Å². The van der Waals surface area contributed by atoms with Crippen molar-refractivity contribution in [1.82, 2.24) is 0 Å². The fourth-order valence-corrected chi connectivity index (χ4v) is 3.33. The van der Waals surface area contributed by atoms with Crippen LogP contribution >= 0.6 is 11.8 Å². The number of rotatable bonds is 3. The Balaban J connectivity index is 2.58. The van der Waals surface area contributed by atoms with Gasteiger partial charge in [0, 0.05) is 11.3 Å². The van der Waals surface area contributed by atoms with Crippen molar-refractivity contribution in [2.24, 2.45) is 17.1 Å². The van der Waals surface area contributed by atoms with Crippen LogP contribution in [0.1, 0.15) is 46.5 Å². The van der Waals surface area contributed by atoms with E-state index in [2.05, 4.69) is 27.0 Å². The van der Waals surface area contributed by atoms with E-state index in [9.17, 15) is 0 Å². The van der Waals surface area contributed by atoms with Gasteiger partial charge in [-0.05, 0) is 36.9 Å². The van der Waals surface area contributed by atoms with Crippen molar-refractivity contribution in [3.8, 4) is 0 Å². The van der Waals surface area contributed by atoms with E-state index >= 15 is 0 Å². The van der Waals surface area contributed by atoms with Gasteiger partial charge in [0.15, 0.2) is 0 Å². The highest BCUT2D eigenvalue weighted by atomic mass is 32.2. The maximum absolute atomic E-state index is 6.12. The topological polar surface area (TPSA) is 26.0 Å². The Kier molecular flexibility index (Phi) is 4.32. The molecule has 1 saturated carbocycles. The van der Waals surface area contributed by atoms with E-state index in [0.717, 1.165) is 5.92 Å². The first-order valence-electron chi connectivity index (χ1n) is 5.79. The van der Waals surface area contributed by atoms with Gasteiger partial charge in [0.2, 0.25) is 0 Å².